The number of carbonyl (C=O) groups is 3. The van der Waals surface area contributed by atoms with Crippen LogP contribution in [-0.2, 0) is 22.7 Å². The van der Waals surface area contributed by atoms with E-state index in [4.69, 9.17) is 9.47 Å². The van der Waals surface area contributed by atoms with E-state index in [1.165, 1.54) is 0 Å². The molecule has 4 rings (SSSR count). The smallest absolute Gasteiger partial charge is 0.325 e. The maximum atomic E-state index is 13.0. The third-order valence-corrected chi connectivity index (χ3v) is 6.76. The van der Waals surface area contributed by atoms with Crippen molar-refractivity contribution in [1.29, 1.82) is 0 Å². The zero-order valence-electron chi connectivity index (χ0n) is 19.6. The highest BCUT2D eigenvalue weighted by Gasteiger charge is 2.55. The van der Waals surface area contributed by atoms with Crippen LogP contribution in [-0.4, -0.2) is 41.9 Å². The Labute approximate surface area is 199 Å². The summed E-state index contributed by atoms with van der Waals surface area (Å²) < 4.78 is 11.3. The number of benzene rings is 2. The second-order valence-corrected chi connectivity index (χ2v) is 8.98. The number of amides is 4. The van der Waals surface area contributed by atoms with Gasteiger partial charge in [-0.1, -0.05) is 56.2 Å². The molecule has 1 aliphatic heterocycles. The lowest BCUT2D eigenvalue weighted by Crippen LogP contribution is -2.54. The van der Waals surface area contributed by atoms with E-state index >= 15 is 0 Å². The van der Waals surface area contributed by atoms with Gasteiger partial charge in [0.05, 0.1) is 7.11 Å². The summed E-state index contributed by atoms with van der Waals surface area (Å²) in [5, 5.41) is 5.66. The van der Waals surface area contributed by atoms with Gasteiger partial charge in [-0.3, -0.25) is 14.5 Å². The maximum Gasteiger partial charge on any atom is 0.325 e. The molecule has 2 atom stereocenters. The number of methoxy groups -OCH3 is 1. The van der Waals surface area contributed by atoms with Crippen molar-refractivity contribution in [3.8, 4) is 11.5 Å². The summed E-state index contributed by atoms with van der Waals surface area (Å²) in [6, 6.07) is 14.8. The summed E-state index contributed by atoms with van der Waals surface area (Å²) in [7, 11) is 1.56. The first-order valence-corrected chi connectivity index (χ1v) is 11.7. The Morgan fingerprint density at radius 1 is 1.12 bits per heavy atom. The molecular formula is C26H31N3O5. The third kappa shape index (κ3) is 4.85. The van der Waals surface area contributed by atoms with Crippen LogP contribution in [0.2, 0.25) is 0 Å². The minimum Gasteiger partial charge on any atom is -0.493 e. The molecule has 0 unspecified atom stereocenters. The van der Waals surface area contributed by atoms with Gasteiger partial charge in [0, 0.05) is 6.54 Å². The van der Waals surface area contributed by atoms with Crippen LogP contribution in [0.4, 0.5) is 4.79 Å². The van der Waals surface area contributed by atoms with Gasteiger partial charge >= 0.3 is 6.03 Å². The van der Waals surface area contributed by atoms with Gasteiger partial charge in [-0.2, -0.15) is 0 Å². The highest BCUT2D eigenvalue weighted by molar-refractivity contribution is 6.09. The molecule has 2 fully saturated rings. The van der Waals surface area contributed by atoms with Gasteiger partial charge in [-0.05, 0) is 42.0 Å². The van der Waals surface area contributed by atoms with Crippen molar-refractivity contribution in [2.45, 2.75) is 51.3 Å². The number of rotatable bonds is 8. The number of urea groups is 1. The lowest BCUT2D eigenvalue weighted by atomic mass is 9.73. The molecule has 0 bridgehead atoms. The van der Waals surface area contributed by atoms with E-state index < -0.39 is 17.5 Å². The van der Waals surface area contributed by atoms with Crippen LogP contribution in [0.1, 0.15) is 43.7 Å². The molecule has 2 N–H and O–H groups in total. The SMILES string of the molecule is COc1cc(CNC(=O)CN2C(=O)N[C@]3(CCCC[C@@H]3C)C2=O)ccc1OCc1ccccc1. The van der Waals surface area contributed by atoms with E-state index in [9.17, 15) is 14.4 Å². The monoisotopic (exact) mass is 465 g/mol. The Balaban J connectivity index is 1.33. The molecule has 1 aliphatic carbocycles. The Morgan fingerprint density at radius 2 is 1.91 bits per heavy atom. The van der Waals surface area contributed by atoms with Crippen LogP contribution < -0.4 is 20.1 Å². The average molecular weight is 466 g/mol. The Hall–Kier alpha value is -3.55. The van der Waals surface area contributed by atoms with Crippen molar-refractivity contribution in [3.05, 3.63) is 59.7 Å². The molecule has 2 aliphatic rings. The first-order chi connectivity index (χ1) is 16.4. The van der Waals surface area contributed by atoms with E-state index in [1.807, 2.05) is 43.3 Å². The van der Waals surface area contributed by atoms with Crippen LogP contribution >= 0.6 is 0 Å². The maximum absolute atomic E-state index is 13.0. The standard InChI is InChI=1S/C26H31N3O5/c1-18-8-6-7-13-26(18)24(31)29(25(32)28-26)16-23(30)27-15-20-11-12-21(22(14-20)33-2)34-17-19-9-4-3-5-10-19/h3-5,9-12,14,18H,6-8,13,15-17H2,1-2H3,(H,27,30)(H,28,32)/t18-,26-/m0/s1. The van der Waals surface area contributed by atoms with Gasteiger partial charge in [0.25, 0.3) is 5.91 Å². The summed E-state index contributed by atoms with van der Waals surface area (Å²) in [5.41, 5.74) is 0.996. The van der Waals surface area contributed by atoms with Crippen molar-refractivity contribution >= 4 is 17.8 Å². The molecule has 4 amide bonds. The van der Waals surface area contributed by atoms with Gasteiger partial charge in [0.15, 0.2) is 11.5 Å². The quantitative estimate of drug-likeness (QED) is 0.583. The number of nitrogens with one attached hydrogen (secondary N) is 2. The molecule has 1 saturated carbocycles. The second kappa shape index (κ2) is 10.2. The Morgan fingerprint density at radius 3 is 2.65 bits per heavy atom. The van der Waals surface area contributed by atoms with Crippen molar-refractivity contribution in [2.24, 2.45) is 5.92 Å². The zero-order chi connectivity index (χ0) is 24.1. The van der Waals surface area contributed by atoms with Crippen LogP contribution in [0.25, 0.3) is 0 Å². The fourth-order valence-electron chi connectivity index (χ4n) is 4.72. The van der Waals surface area contributed by atoms with Crippen LogP contribution in [0.5, 0.6) is 11.5 Å². The molecule has 2 aromatic carbocycles. The van der Waals surface area contributed by atoms with E-state index in [2.05, 4.69) is 10.6 Å². The highest BCUT2D eigenvalue weighted by Crippen LogP contribution is 2.38. The summed E-state index contributed by atoms with van der Waals surface area (Å²) in [6.07, 6.45) is 3.45. The number of carbonyl (C=O) groups excluding carboxylic acids is 3. The van der Waals surface area contributed by atoms with Crippen molar-refractivity contribution < 1.29 is 23.9 Å². The van der Waals surface area contributed by atoms with Crippen LogP contribution in [0, 0.1) is 5.92 Å². The molecule has 1 saturated heterocycles. The molecule has 8 heteroatoms. The normalized spacial score (nSPS) is 21.9. The molecule has 1 heterocycles. The molecule has 8 nitrogen and oxygen atoms in total. The highest BCUT2D eigenvalue weighted by atomic mass is 16.5. The second-order valence-electron chi connectivity index (χ2n) is 8.98. The number of ether oxygens (including phenoxy) is 2. The van der Waals surface area contributed by atoms with Crippen LogP contribution in [0.15, 0.2) is 48.5 Å². The Bertz CT molecular complexity index is 1060. The first kappa shape index (κ1) is 23.6. The Kier molecular flexibility index (Phi) is 7.05. The number of hydrogen-bond acceptors (Lipinski definition) is 5. The fourth-order valence-corrected chi connectivity index (χ4v) is 4.72. The van der Waals surface area contributed by atoms with Gasteiger partial charge in [0.1, 0.15) is 18.7 Å². The molecule has 2 aromatic rings. The van der Waals surface area contributed by atoms with Crippen molar-refractivity contribution in [3.63, 3.8) is 0 Å². The van der Waals surface area contributed by atoms with E-state index in [1.54, 1.807) is 19.2 Å². The minimum absolute atomic E-state index is 0.0563. The minimum atomic E-state index is -0.863. The van der Waals surface area contributed by atoms with Crippen molar-refractivity contribution in [1.82, 2.24) is 15.5 Å². The van der Waals surface area contributed by atoms with Crippen LogP contribution in [0.3, 0.4) is 0 Å². The molecule has 0 aromatic heterocycles. The van der Waals surface area contributed by atoms with E-state index in [-0.39, 0.29) is 24.9 Å². The van der Waals surface area contributed by atoms with E-state index in [0.29, 0.717) is 24.5 Å². The van der Waals surface area contributed by atoms with Crippen molar-refractivity contribution in [2.75, 3.05) is 13.7 Å². The molecular weight excluding hydrogens is 434 g/mol. The zero-order valence-corrected chi connectivity index (χ0v) is 19.6. The number of nitrogens with zero attached hydrogens (tertiary/aromatic N) is 1. The lowest BCUT2D eigenvalue weighted by Gasteiger charge is -2.36. The topological polar surface area (TPSA) is 97.0 Å². The van der Waals surface area contributed by atoms with Gasteiger partial charge in [-0.25, -0.2) is 4.79 Å². The number of hydrogen-bond donors (Lipinski definition) is 2. The third-order valence-electron chi connectivity index (χ3n) is 6.76. The summed E-state index contributed by atoms with van der Waals surface area (Å²) >= 11 is 0. The van der Waals surface area contributed by atoms with E-state index in [0.717, 1.165) is 35.3 Å². The molecule has 1 spiro atoms. The average Bonchev–Trinajstić information content (AvgIpc) is 3.09. The first-order valence-electron chi connectivity index (χ1n) is 11.7. The molecule has 34 heavy (non-hydrogen) atoms. The molecule has 0 radical (unpaired) electrons. The fraction of sp³-hybridized carbons (Fsp3) is 0.423. The van der Waals surface area contributed by atoms with Gasteiger partial charge in [0.2, 0.25) is 5.91 Å². The summed E-state index contributed by atoms with van der Waals surface area (Å²) in [6.45, 7) is 2.34. The summed E-state index contributed by atoms with van der Waals surface area (Å²) in [4.78, 5) is 39.1. The molecule has 180 valence electrons. The van der Waals surface area contributed by atoms with Gasteiger partial charge < -0.3 is 20.1 Å². The van der Waals surface area contributed by atoms with Gasteiger partial charge in [-0.15, -0.1) is 0 Å². The predicted molar refractivity (Wildman–Crippen MR) is 126 cm³/mol. The largest absolute Gasteiger partial charge is 0.493 e. The lowest BCUT2D eigenvalue weighted by molar-refractivity contribution is -0.137. The predicted octanol–water partition coefficient (Wildman–Crippen LogP) is 3.39. The number of imide groups is 1. The summed E-state index contributed by atoms with van der Waals surface area (Å²) in [5.74, 6) is 0.535.